The van der Waals surface area contributed by atoms with E-state index in [4.69, 9.17) is 5.84 Å². The predicted octanol–water partition coefficient (Wildman–Crippen LogP) is 1.53. The zero-order chi connectivity index (χ0) is 15.2. The lowest BCUT2D eigenvalue weighted by atomic mass is 10.1. The molecular formula is C14H20N6O. The van der Waals surface area contributed by atoms with E-state index in [0.717, 1.165) is 24.1 Å². The summed E-state index contributed by atoms with van der Waals surface area (Å²) in [5.74, 6) is 5.73. The van der Waals surface area contributed by atoms with E-state index in [9.17, 15) is 4.79 Å². The molecule has 0 aromatic carbocycles. The molecule has 2 aromatic rings. The summed E-state index contributed by atoms with van der Waals surface area (Å²) in [5.41, 5.74) is 4.80. The van der Waals surface area contributed by atoms with Crippen LogP contribution >= 0.6 is 0 Å². The van der Waals surface area contributed by atoms with Crippen LogP contribution in [0.3, 0.4) is 0 Å². The molecule has 0 aliphatic carbocycles. The van der Waals surface area contributed by atoms with Gasteiger partial charge in [-0.05, 0) is 25.5 Å². The minimum absolute atomic E-state index is 0.131. The van der Waals surface area contributed by atoms with Crippen molar-refractivity contribution in [2.24, 2.45) is 5.84 Å². The smallest absolute Gasteiger partial charge is 0.251 e. The molecule has 7 nitrogen and oxygen atoms in total. The number of nitrogens with one attached hydrogen (secondary N) is 3. The molecule has 0 bridgehead atoms. The van der Waals surface area contributed by atoms with E-state index < -0.39 is 0 Å². The molecule has 0 radical (unpaired) electrons. The van der Waals surface area contributed by atoms with Crippen LogP contribution in [0.1, 0.15) is 47.9 Å². The summed E-state index contributed by atoms with van der Waals surface area (Å²) in [6, 6.07) is 3.30. The number of hydrogen-bond acceptors (Lipinski definition) is 5. The molecule has 0 saturated carbocycles. The van der Waals surface area contributed by atoms with Crippen molar-refractivity contribution in [3.8, 4) is 0 Å². The average Bonchev–Trinajstić information content (AvgIpc) is 3.01. The van der Waals surface area contributed by atoms with Crippen LogP contribution in [0.2, 0.25) is 0 Å². The maximum atomic E-state index is 12.3. The topological polar surface area (TPSA) is 109 Å². The molecule has 0 aliphatic heterocycles. The van der Waals surface area contributed by atoms with E-state index in [1.165, 1.54) is 0 Å². The number of anilines is 1. The van der Waals surface area contributed by atoms with Crippen LogP contribution in [0.25, 0.3) is 0 Å². The summed E-state index contributed by atoms with van der Waals surface area (Å²) < 4.78 is 0. The Morgan fingerprint density at radius 2 is 2.29 bits per heavy atom. The second kappa shape index (κ2) is 6.85. The average molecular weight is 288 g/mol. The summed E-state index contributed by atoms with van der Waals surface area (Å²) in [6.45, 7) is 3.96. The molecule has 2 rings (SSSR count). The summed E-state index contributed by atoms with van der Waals surface area (Å²) in [4.78, 5) is 16.7. The first kappa shape index (κ1) is 15.0. The Morgan fingerprint density at radius 3 is 2.90 bits per heavy atom. The largest absolute Gasteiger partial charge is 0.345 e. The van der Waals surface area contributed by atoms with Gasteiger partial charge in [0.05, 0.1) is 12.2 Å². The second-order valence-electron chi connectivity index (χ2n) is 4.85. The van der Waals surface area contributed by atoms with E-state index in [-0.39, 0.29) is 11.9 Å². The van der Waals surface area contributed by atoms with Gasteiger partial charge in [-0.1, -0.05) is 13.3 Å². The Bertz CT molecular complexity index is 596. The van der Waals surface area contributed by atoms with Gasteiger partial charge in [0, 0.05) is 23.0 Å². The predicted molar refractivity (Wildman–Crippen MR) is 80.5 cm³/mol. The van der Waals surface area contributed by atoms with E-state index in [1.54, 1.807) is 24.5 Å². The maximum Gasteiger partial charge on any atom is 0.251 e. The molecule has 0 spiro atoms. The number of nitrogens with two attached hydrogens (primary N) is 1. The highest BCUT2D eigenvalue weighted by Crippen LogP contribution is 2.14. The number of amides is 1. The van der Waals surface area contributed by atoms with Crippen LogP contribution in [0.5, 0.6) is 0 Å². The summed E-state index contributed by atoms with van der Waals surface area (Å²) in [7, 11) is 0. The Balaban J connectivity index is 2.16. The highest BCUT2D eigenvalue weighted by molar-refractivity contribution is 5.95. The van der Waals surface area contributed by atoms with Gasteiger partial charge in [-0.2, -0.15) is 5.10 Å². The normalized spacial score (nSPS) is 12.0. The Morgan fingerprint density at radius 1 is 1.48 bits per heavy atom. The van der Waals surface area contributed by atoms with Crippen molar-refractivity contribution in [1.82, 2.24) is 20.5 Å². The van der Waals surface area contributed by atoms with Crippen LogP contribution in [-0.4, -0.2) is 21.1 Å². The monoisotopic (exact) mass is 288 g/mol. The van der Waals surface area contributed by atoms with E-state index in [1.807, 2.05) is 6.92 Å². The molecule has 0 aliphatic rings. The van der Waals surface area contributed by atoms with Gasteiger partial charge >= 0.3 is 0 Å². The first-order valence-corrected chi connectivity index (χ1v) is 6.91. The Kier molecular flexibility index (Phi) is 4.89. The van der Waals surface area contributed by atoms with E-state index in [2.05, 4.69) is 32.8 Å². The zero-order valence-electron chi connectivity index (χ0n) is 12.2. The molecule has 1 unspecified atom stereocenters. The van der Waals surface area contributed by atoms with Gasteiger partial charge in [0.15, 0.2) is 0 Å². The number of aryl methyl sites for hydroxylation is 1. The zero-order valence-corrected chi connectivity index (χ0v) is 12.2. The van der Waals surface area contributed by atoms with Crippen molar-refractivity contribution < 1.29 is 4.79 Å². The van der Waals surface area contributed by atoms with Crippen molar-refractivity contribution in [2.75, 3.05) is 5.43 Å². The van der Waals surface area contributed by atoms with Crippen LogP contribution in [-0.2, 0) is 6.42 Å². The molecule has 0 saturated heterocycles. The lowest BCUT2D eigenvalue weighted by Gasteiger charge is -2.13. The lowest BCUT2D eigenvalue weighted by molar-refractivity contribution is 0.0939. The highest BCUT2D eigenvalue weighted by atomic mass is 16.1. The first-order valence-electron chi connectivity index (χ1n) is 6.91. The molecular weight excluding hydrogens is 268 g/mol. The number of hydrazine groups is 1. The molecule has 1 amide bonds. The minimum Gasteiger partial charge on any atom is -0.345 e. The van der Waals surface area contributed by atoms with Crippen LogP contribution in [0.4, 0.5) is 5.82 Å². The number of pyridine rings is 1. The summed E-state index contributed by atoms with van der Waals surface area (Å²) >= 11 is 0. The number of nitrogen functional groups attached to an aromatic ring is 1. The maximum absolute atomic E-state index is 12.3. The van der Waals surface area contributed by atoms with Gasteiger partial charge in [0.2, 0.25) is 0 Å². The molecule has 5 N–H and O–H groups in total. The third-order valence-corrected chi connectivity index (χ3v) is 3.16. The summed E-state index contributed by atoms with van der Waals surface area (Å²) in [6.07, 6.45) is 5.19. The van der Waals surface area contributed by atoms with Gasteiger partial charge in [-0.3, -0.25) is 9.89 Å². The second-order valence-corrected chi connectivity index (χ2v) is 4.85. The molecule has 112 valence electrons. The van der Waals surface area contributed by atoms with Crippen LogP contribution in [0.15, 0.2) is 24.5 Å². The lowest BCUT2D eigenvalue weighted by Crippen LogP contribution is -2.27. The fourth-order valence-electron chi connectivity index (χ4n) is 2.04. The number of carbonyl (C=O) groups is 1. The molecule has 7 heteroatoms. The quantitative estimate of drug-likeness (QED) is 0.476. The standard InChI is InChI=1S/C14H20N6O/c1-3-4-12-5-10(6-13(19-12)20-15)14(21)18-9(2)11-7-16-17-8-11/h5-9H,3-4,15H2,1-2H3,(H,16,17)(H,18,21)(H,19,20). The van der Waals surface area contributed by atoms with Crippen molar-refractivity contribution in [1.29, 1.82) is 0 Å². The number of nitrogens with zero attached hydrogens (tertiary/aromatic N) is 2. The van der Waals surface area contributed by atoms with Gasteiger partial charge < -0.3 is 10.7 Å². The number of hydrogen-bond donors (Lipinski definition) is 4. The van der Waals surface area contributed by atoms with Crippen LogP contribution in [0, 0.1) is 0 Å². The van der Waals surface area contributed by atoms with Crippen molar-refractivity contribution in [3.05, 3.63) is 41.3 Å². The number of aromatic amines is 1. The van der Waals surface area contributed by atoms with Crippen molar-refractivity contribution >= 4 is 11.7 Å². The number of rotatable bonds is 6. The summed E-state index contributed by atoms with van der Waals surface area (Å²) in [5, 5.41) is 9.53. The van der Waals surface area contributed by atoms with Crippen LogP contribution < -0.4 is 16.6 Å². The van der Waals surface area contributed by atoms with E-state index >= 15 is 0 Å². The van der Waals surface area contributed by atoms with Gasteiger partial charge in [0.1, 0.15) is 5.82 Å². The Hall–Kier alpha value is -2.41. The van der Waals surface area contributed by atoms with Crippen molar-refractivity contribution in [3.63, 3.8) is 0 Å². The molecule has 0 fully saturated rings. The fraction of sp³-hybridized carbons (Fsp3) is 0.357. The highest BCUT2D eigenvalue weighted by Gasteiger charge is 2.14. The van der Waals surface area contributed by atoms with Gasteiger partial charge in [-0.25, -0.2) is 10.8 Å². The van der Waals surface area contributed by atoms with Crippen molar-refractivity contribution in [2.45, 2.75) is 32.7 Å². The number of carbonyl (C=O) groups excluding carboxylic acids is 1. The molecule has 2 heterocycles. The molecule has 2 aromatic heterocycles. The Labute approximate surface area is 123 Å². The van der Waals surface area contributed by atoms with E-state index in [0.29, 0.717) is 11.4 Å². The third-order valence-electron chi connectivity index (χ3n) is 3.16. The molecule has 21 heavy (non-hydrogen) atoms. The molecule has 1 atom stereocenters. The van der Waals surface area contributed by atoms with Gasteiger partial charge in [0.25, 0.3) is 5.91 Å². The number of H-pyrrole nitrogens is 1. The van der Waals surface area contributed by atoms with Gasteiger partial charge in [-0.15, -0.1) is 0 Å². The fourth-order valence-corrected chi connectivity index (χ4v) is 2.04. The SMILES string of the molecule is CCCc1cc(C(=O)NC(C)c2cn[nH]c2)cc(NN)n1. The third kappa shape index (κ3) is 3.79. The first-order chi connectivity index (χ1) is 10.1. The number of aromatic nitrogens is 3. The minimum atomic E-state index is -0.167.